The van der Waals surface area contributed by atoms with Crippen LogP contribution in [0.4, 0.5) is 4.39 Å². The van der Waals surface area contributed by atoms with Crippen LogP contribution in [-0.2, 0) is 13.0 Å². The van der Waals surface area contributed by atoms with Crippen LogP contribution in [0.25, 0.3) is 11.3 Å². The highest BCUT2D eigenvalue weighted by Crippen LogP contribution is 2.29. The summed E-state index contributed by atoms with van der Waals surface area (Å²) in [5.41, 5.74) is 2.78. The number of benzene rings is 2. The van der Waals surface area contributed by atoms with Gasteiger partial charge in [-0.2, -0.15) is 0 Å². The second-order valence-corrected chi connectivity index (χ2v) is 6.21. The molecule has 0 unspecified atom stereocenters. The second-order valence-electron chi connectivity index (χ2n) is 5.80. The molecule has 0 saturated heterocycles. The molecular weight excluding hydrogens is 325 g/mol. The number of hydrogen-bond acceptors (Lipinski definition) is 1. The molecule has 4 heteroatoms. The minimum atomic E-state index is -0.136. The molecular formula is C20H20ClFNO+. The Morgan fingerprint density at radius 1 is 1.04 bits per heavy atom. The first-order valence-corrected chi connectivity index (χ1v) is 8.42. The Kier molecular flexibility index (Phi) is 5.34. The zero-order valence-corrected chi connectivity index (χ0v) is 14.3. The van der Waals surface area contributed by atoms with Crippen LogP contribution in [0.2, 0.25) is 5.02 Å². The van der Waals surface area contributed by atoms with Crippen molar-refractivity contribution in [3.8, 4) is 11.3 Å². The zero-order chi connectivity index (χ0) is 16.9. The Hall–Kier alpha value is -2.10. The van der Waals surface area contributed by atoms with Crippen LogP contribution in [0, 0.1) is 12.7 Å². The highest BCUT2D eigenvalue weighted by atomic mass is 35.5. The third-order valence-corrected chi connectivity index (χ3v) is 4.53. The van der Waals surface area contributed by atoms with E-state index in [0.717, 1.165) is 46.3 Å². The fourth-order valence-electron chi connectivity index (χ4n) is 2.71. The maximum Gasteiger partial charge on any atom is 0.158 e. The summed E-state index contributed by atoms with van der Waals surface area (Å²) in [6, 6.07) is 16.7. The van der Waals surface area contributed by atoms with Gasteiger partial charge in [0.05, 0.1) is 6.54 Å². The highest BCUT2D eigenvalue weighted by Gasteiger charge is 2.10. The van der Waals surface area contributed by atoms with Gasteiger partial charge in [-0.3, -0.25) is 0 Å². The van der Waals surface area contributed by atoms with Gasteiger partial charge < -0.3 is 9.73 Å². The smallest absolute Gasteiger partial charge is 0.158 e. The average Bonchev–Trinajstić information content (AvgIpc) is 3.04. The molecule has 0 amide bonds. The molecule has 3 aromatic rings. The van der Waals surface area contributed by atoms with E-state index in [4.69, 9.17) is 16.0 Å². The number of hydrogen-bond donors (Lipinski definition) is 1. The van der Waals surface area contributed by atoms with Gasteiger partial charge in [-0.05, 0) is 42.3 Å². The lowest BCUT2D eigenvalue weighted by Gasteiger charge is -2.04. The Morgan fingerprint density at radius 3 is 2.71 bits per heavy atom. The van der Waals surface area contributed by atoms with Gasteiger partial charge in [-0.25, -0.2) is 4.39 Å². The van der Waals surface area contributed by atoms with Crippen molar-refractivity contribution in [2.45, 2.75) is 19.9 Å². The van der Waals surface area contributed by atoms with Gasteiger partial charge in [0.2, 0.25) is 0 Å². The Morgan fingerprint density at radius 2 is 1.88 bits per heavy atom. The van der Waals surface area contributed by atoms with Crippen LogP contribution < -0.4 is 5.32 Å². The maximum atomic E-state index is 13.6. The lowest BCUT2D eigenvalue weighted by Crippen LogP contribution is -2.83. The van der Waals surface area contributed by atoms with Crippen LogP contribution in [0.1, 0.15) is 16.9 Å². The fraction of sp³-hybridized carbons (Fsp3) is 0.200. The molecule has 0 spiro atoms. The molecule has 0 atom stereocenters. The van der Waals surface area contributed by atoms with Crippen molar-refractivity contribution in [3.63, 3.8) is 0 Å². The van der Waals surface area contributed by atoms with Crippen LogP contribution in [0.3, 0.4) is 0 Å². The van der Waals surface area contributed by atoms with Crippen molar-refractivity contribution in [2.24, 2.45) is 0 Å². The molecule has 0 bridgehead atoms. The number of quaternary nitrogens is 1. The van der Waals surface area contributed by atoms with Crippen molar-refractivity contribution < 1.29 is 14.1 Å². The molecule has 0 aliphatic carbocycles. The van der Waals surface area contributed by atoms with Crippen molar-refractivity contribution in [2.75, 3.05) is 6.54 Å². The fourth-order valence-corrected chi connectivity index (χ4v) is 2.88. The van der Waals surface area contributed by atoms with Gasteiger partial charge in [0, 0.05) is 17.0 Å². The largest absolute Gasteiger partial charge is 0.455 e. The lowest BCUT2D eigenvalue weighted by molar-refractivity contribution is -0.671. The molecule has 2 N–H and O–H groups in total. The SMILES string of the molecule is Cc1c(Cl)cccc1-c1ccc(C[NH2+]CCc2ccccc2F)o1. The first-order valence-electron chi connectivity index (χ1n) is 8.04. The Labute approximate surface area is 146 Å². The topological polar surface area (TPSA) is 29.8 Å². The predicted octanol–water partition coefficient (Wildman–Crippen LogP) is 4.35. The Bertz CT molecular complexity index is 828. The van der Waals surface area contributed by atoms with E-state index in [0.29, 0.717) is 6.42 Å². The van der Waals surface area contributed by atoms with Gasteiger partial charge in [-0.15, -0.1) is 0 Å². The summed E-state index contributed by atoms with van der Waals surface area (Å²) in [6.07, 6.45) is 0.702. The van der Waals surface area contributed by atoms with E-state index in [2.05, 4.69) is 5.32 Å². The van der Waals surface area contributed by atoms with Gasteiger partial charge in [-0.1, -0.05) is 41.9 Å². The van der Waals surface area contributed by atoms with E-state index >= 15 is 0 Å². The molecule has 124 valence electrons. The third kappa shape index (κ3) is 3.86. The normalized spacial score (nSPS) is 11.0. The number of furan rings is 1. The molecule has 0 radical (unpaired) electrons. The molecule has 1 heterocycles. The van der Waals surface area contributed by atoms with E-state index in [-0.39, 0.29) is 5.82 Å². The maximum absolute atomic E-state index is 13.6. The van der Waals surface area contributed by atoms with Gasteiger partial charge in [0.25, 0.3) is 0 Å². The highest BCUT2D eigenvalue weighted by molar-refractivity contribution is 6.31. The first kappa shape index (κ1) is 16.7. The summed E-state index contributed by atoms with van der Waals surface area (Å²) in [4.78, 5) is 0. The molecule has 0 aliphatic heterocycles. The summed E-state index contributed by atoms with van der Waals surface area (Å²) in [5.74, 6) is 1.59. The van der Waals surface area contributed by atoms with E-state index < -0.39 is 0 Å². The van der Waals surface area contributed by atoms with Crippen molar-refractivity contribution in [1.29, 1.82) is 0 Å². The van der Waals surface area contributed by atoms with Crippen molar-refractivity contribution in [3.05, 3.63) is 82.3 Å². The van der Waals surface area contributed by atoms with Crippen LogP contribution in [0.5, 0.6) is 0 Å². The molecule has 0 fully saturated rings. The third-order valence-electron chi connectivity index (χ3n) is 4.12. The summed E-state index contributed by atoms with van der Waals surface area (Å²) in [5, 5.41) is 2.86. The quantitative estimate of drug-likeness (QED) is 0.662. The van der Waals surface area contributed by atoms with Gasteiger partial charge in [0.1, 0.15) is 18.1 Å². The average molecular weight is 345 g/mol. The van der Waals surface area contributed by atoms with E-state index in [9.17, 15) is 4.39 Å². The van der Waals surface area contributed by atoms with Crippen LogP contribution >= 0.6 is 11.6 Å². The van der Waals surface area contributed by atoms with Crippen molar-refractivity contribution in [1.82, 2.24) is 0 Å². The lowest BCUT2D eigenvalue weighted by atomic mass is 10.1. The number of rotatable bonds is 6. The van der Waals surface area contributed by atoms with Crippen molar-refractivity contribution >= 4 is 11.6 Å². The first-order chi connectivity index (χ1) is 11.6. The van der Waals surface area contributed by atoms with Crippen LogP contribution in [0.15, 0.2) is 59.0 Å². The van der Waals surface area contributed by atoms with Gasteiger partial charge in [0.15, 0.2) is 5.76 Å². The monoisotopic (exact) mass is 344 g/mol. The molecule has 24 heavy (non-hydrogen) atoms. The van der Waals surface area contributed by atoms with Crippen LogP contribution in [-0.4, -0.2) is 6.54 Å². The number of halogens is 2. The summed E-state index contributed by atoms with van der Waals surface area (Å²) in [6.45, 7) is 3.53. The molecule has 2 aromatic carbocycles. The summed E-state index contributed by atoms with van der Waals surface area (Å²) >= 11 is 6.17. The molecule has 0 aliphatic rings. The standard InChI is InChI=1S/C20H19ClFNO/c1-14-17(6-4-7-18(14)21)20-10-9-16(24-20)13-23-12-11-15-5-2-3-8-19(15)22/h2-10,23H,11-13H2,1H3/p+1. The van der Waals surface area contributed by atoms with Gasteiger partial charge >= 0.3 is 0 Å². The number of nitrogens with two attached hydrogens (primary N) is 1. The van der Waals surface area contributed by atoms with E-state index in [1.807, 2.05) is 49.4 Å². The Balaban J connectivity index is 1.57. The minimum Gasteiger partial charge on any atom is -0.455 e. The minimum absolute atomic E-state index is 0.136. The summed E-state index contributed by atoms with van der Waals surface area (Å²) < 4.78 is 19.5. The molecule has 1 aromatic heterocycles. The van der Waals surface area contributed by atoms with E-state index in [1.54, 1.807) is 6.07 Å². The molecule has 3 rings (SSSR count). The molecule has 2 nitrogen and oxygen atoms in total. The zero-order valence-electron chi connectivity index (χ0n) is 13.6. The molecule has 0 saturated carbocycles. The second kappa shape index (κ2) is 7.65. The van der Waals surface area contributed by atoms with E-state index in [1.165, 1.54) is 6.07 Å². The summed E-state index contributed by atoms with van der Waals surface area (Å²) in [7, 11) is 0. The predicted molar refractivity (Wildman–Crippen MR) is 94.5 cm³/mol.